The number of benzene rings is 2. The van der Waals surface area contributed by atoms with Crippen molar-refractivity contribution in [3.8, 4) is 5.75 Å². The van der Waals surface area contributed by atoms with Crippen LogP contribution in [0.2, 0.25) is 5.02 Å². The number of hydrogen-bond acceptors (Lipinski definition) is 2. The van der Waals surface area contributed by atoms with Crippen LogP contribution in [-0.2, 0) is 12.0 Å². The summed E-state index contributed by atoms with van der Waals surface area (Å²) in [6.45, 7) is 2.67. The zero-order chi connectivity index (χ0) is 23.1. The molecule has 0 aliphatic carbocycles. The van der Waals surface area contributed by atoms with Gasteiger partial charge in [0.2, 0.25) is 0 Å². The van der Waals surface area contributed by atoms with Crippen LogP contribution >= 0.6 is 11.6 Å². The molecule has 0 heterocycles. The Morgan fingerprint density at radius 1 is 0.900 bits per heavy atom. The molecule has 1 unspecified atom stereocenters. The lowest BCUT2D eigenvalue weighted by atomic mass is 9.83. The minimum atomic E-state index is -6.59. The molecule has 1 atom stereocenters. The Bertz CT molecular complexity index is 908. The molecule has 11 heteroatoms. The molecule has 2 N–H and O–H groups in total. The van der Waals surface area contributed by atoms with E-state index in [9.17, 15) is 35.1 Å². The van der Waals surface area contributed by atoms with E-state index in [0.29, 0.717) is 12.1 Å². The molecule has 0 saturated heterocycles. The van der Waals surface area contributed by atoms with E-state index in [2.05, 4.69) is 4.74 Å². The fourth-order valence-electron chi connectivity index (χ4n) is 2.95. The molecular formula is C19H16ClF8NO. The van der Waals surface area contributed by atoms with Gasteiger partial charge in [0.1, 0.15) is 5.75 Å². The molecule has 0 aliphatic heterocycles. The predicted molar refractivity (Wildman–Crippen MR) is 95.8 cm³/mol. The highest BCUT2D eigenvalue weighted by Crippen LogP contribution is 2.58. The number of hydrogen-bond donors (Lipinski definition) is 1. The molecule has 166 valence electrons. The van der Waals surface area contributed by atoms with Gasteiger partial charge >= 0.3 is 23.9 Å². The molecule has 0 aliphatic rings. The summed E-state index contributed by atoms with van der Waals surface area (Å²) in [6, 6.07) is 4.61. The molecule has 2 nitrogen and oxygen atoms in total. The Labute approximate surface area is 171 Å². The van der Waals surface area contributed by atoms with Crippen molar-refractivity contribution < 1.29 is 39.9 Å². The van der Waals surface area contributed by atoms with Crippen LogP contribution in [0.4, 0.5) is 40.8 Å². The van der Waals surface area contributed by atoms with Crippen molar-refractivity contribution in [2.75, 3.05) is 5.73 Å². The Balaban J connectivity index is 2.95. The van der Waals surface area contributed by atoms with Gasteiger partial charge < -0.3 is 10.5 Å². The first-order valence-corrected chi connectivity index (χ1v) is 8.81. The minimum absolute atomic E-state index is 0.00696. The van der Waals surface area contributed by atoms with Gasteiger partial charge in [0.15, 0.2) is 0 Å². The maximum atomic E-state index is 14.6. The Morgan fingerprint density at radius 2 is 1.43 bits per heavy atom. The van der Waals surface area contributed by atoms with Gasteiger partial charge in [0, 0.05) is 16.3 Å². The minimum Gasteiger partial charge on any atom is -0.466 e. The first-order chi connectivity index (χ1) is 13.6. The van der Waals surface area contributed by atoms with Crippen LogP contribution in [0.3, 0.4) is 0 Å². The maximum Gasteiger partial charge on any atom is 0.458 e. The van der Waals surface area contributed by atoms with Gasteiger partial charge in [-0.3, -0.25) is 0 Å². The highest BCUT2D eigenvalue weighted by molar-refractivity contribution is 6.30. The molecular weight excluding hydrogens is 446 g/mol. The summed E-state index contributed by atoms with van der Waals surface area (Å²) in [4.78, 5) is 0. The predicted octanol–water partition coefficient (Wildman–Crippen LogP) is 6.83. The second-order valence-electron chi connectivity index (χ2n) is 6.53. The van der Waals surface area contributed by atoms with Crippen molar-refractivity contribution in [3.63, 3.8) is 0 Å². The van der Waals surface area contributed by atoms with Crippen molar-refractivity contribution >= 4 is 17.3 Å². The number of nitrogens with two attached hydrogens (primary N) is 1. The average molecular weight is 462 g/mol. The van der Waals surface area contributed by atoms with E-state index in [1.54, 1.807) is 0 Å². The van der Waals surface area contributed by atoms with Crippen LogP contribution in [0.5, 0.6) is 5.75 Å². The van der Waals surface area contributed by atoms with Gasteiger partial charge in [-0.25, -0.2) is 0 Å². The lowest BCUT2D eigenvalue weighted by molar-refractivity contribution is -0.401. The zero-order valence-electron chi connectivity index (χ0n) is 15.6. The smallest absolute Gasteiger partial charge is 0.458 e. The highest BCUT2D eigenvalue weighted by atomic mass is 35.5. The van der Waals surface area contributed by atoms with E-state index in [-0.39, 0.29) is 28.3 Å². The van der Waals surface area contributed by atoms with Crippen molar-refractivity contribution in [3.05, 3.63) is 58.1 Å². The lowest BCUT2D eigenvalue weighted by Crippen LogP contribution is -2.65. The van der Waals surface area contributed by atoms with E-state index < -0.39 is 35.2 Å². The van der Waals surface area contributed by atoms with Crippen LogP contribution in [0.15, 0.2) is 36.4 Å². The van der Waals surface area contributed by atoms with Gasteiger partial charge in [0.05, 0.1) is 0 Å². The molecule has 0 fully saturated rings. The number of nitrogen functional groups attached to an aromatic ring is 1. The van der Waals surface area contributed by atoms with Crippen LogP contribution in [-0.4, -0.2) is 18.3 Å². The molecule has 2 aromatic carbocycles. The van der Waals surface area contributed by atoms with E-state index in [1.807, 2.05) is 0 Å². The van der Waals surface area contributed by atoms with Gasteiger partial charge in [0.25, 0.3) is 0 Å². The fraction of sp³-hybridized carbons (Fsp3) is 0.368. The van der Waals surface area contributed by atoms with Crippen molar-refractivity contribution in [2.24, 2.45) is 0 Å². The SMILES string of the molecule is CCc1cc(C(Oc2ccc(Cl)cc2)(C(F)(F)F)C(F)(F)C(F)(F)F)cc(C)c1N. The topological polar surface area (TPSA) is 35.2 Å². The third-order valence-electron chi connectivity index (χ3n) is 4.54. The molecule has 0 spiro atoms. The summed E-state index contributed by atoms with van der Waals surface area (Å²) in [7, 11) is 0. The summed E-state index contributed by atoms with van der Waals surface area (Å²) in [5, 5.41) is 0.0131. The zero-order valence-corrected chi connectivity index (χ0v) is 16.3. The Kier molecular flexibility index (Phi) is 6.24. The number of ether oxygens (including phenoxy) is 1. The van der Waals surface area contributed by atoms with Gasteiger partial charge in [-0.15, -0.1) is 0 Å². The molecule has 2 aromatic rings. The second kappa shape index (κ2) is 7.79. The average Bonchev–Trinajstić information content (AvgIpc) is 2.61. The summed E-state index contributed by atoms with van der Waals surface area (Å²) >= 11 is 5.61. The van der Waals surface area contributed by atoms with E-state index in [0.717, 1.165) is 24.3 Å². The third kappa shape index (κ3) is 3.89. The number of alkyl halides is 8. The standard InChI is InChI=1S/C19H16ClF8NO/c1-3-11-9-12(8-10(2)15(11)29)16(18(23,24)25,17(21,22)19(26,27)28)30-14-6-4-13(20)5-7-14/h4-9H,3,29H2,1-2H3. The molecule has 30 heavy (non-hydrogen) atoms. The Morgan fingerprint density at radius 3 is 1.87 bits per heavy atom. The first-order valence-electron chi connectivity index (χ1n) is 8.43. The third-order valence-corrected chi connectivity index (χ3v) is 4.79. The fourth-order valence-corrected chi connectivity index (χ4v) is 3.08. The van der Waals surface area contributed by atoms with Gasteiger partial charge in [-0.05, 0) is 60.9 Å². The van der Waals surface area contributed by atoms with E-state index in [1.165, 1.54) is 13.8 Å². The van der Waals surface area contributed by atoms with Gasteiger partial charge in [-0.2, -0.15) is 35.1 Å². The van der Waals surface area contributed by atoms with Crippen molar-refractivity contribution in [1.82, 2.24) is 0 Å². The van der Waals surface area contributed by atoms with Crippen LogP contribution < -0.4 is 10.5 Å². The van der Waals surface area contributed by atoms with E-state index in [4.69, 9.17) is 17.3 Å². The molecule has 0 radical (unpaired) electrons. The monoisotopic (exact) mass is 461 g/mol. The van der Waals surface area contributed by atoms with Crippen molar-refractivity contribution in [2.45, 2.75) is 44.1 Å². The molecule has 2 rings (SSSR count). The number of halogens is 9. The van der Waals surface area contributed by atoms with Crippen LogP contribution in [0.25, 0.3) is 0 Å². The van der Waals surface area contributed by atoms with Crippen molar-refractivity contribution in [1.29, 1.82) is 0 Å². The highest BCUT2D eigenvalue weighted by Gasteiger charge is 2.82. The Hall–Kier alpha value is -2.23. The lowest BCUT2D eigenvalue weighted by Gasteiger charge is -2.42. The largest absolute Gasteiger partial charge is 0.466 e. The number of aryl methyl sites for hydroxylation is 2. The quantitative estimate of drug-likeness (QED) is 0.391. The molecule has 0 amide bonds. The maximum absolute atomic E-state index is 14.6. The normalized spacial score (nSPS) is 15.0. The molecule has 0 bridgehead atoms. The number of rotatable bonds is 5. The molecule has 0 aromatic heterocycles. The van der Waals surface area contributed by atoms with Crippen LogP contribution in [0, 0.1) is 6.92 Å². The van der Waals surface area contributed by atoms with E-state index >= 15 is 0 Å². The first kappa shape index (κ1) is 24.0. The molecule has 0 saturated carbocycles. The van der Waals surface area contributed by atoms with Gasteiger partial charge in [-0.1, -0.05) is 18.5 Å². The second-order valence-corrected chi connectivity index (χ2v) is 6.96. The summed E-state index contributed by atoms with van der Waals surface area (Å²) < 4.78 is 116. The van der Waals surface area contributed by atoms with Crippen LogP contribution in [0.1, 0.15) is 23.6 Å². The summed E-state index contributed by atoms with van der Waals surface area (Å²) in [5.41, 5.74) is -0.911. The summed E-state index contributed by atoms with van der Waals surface area (Å²) in [6.07, 6.45) is -12.8. The number of anilines is 1. The summed E-state index contributed by atoms with van der Waals surface area (Å²) in [5.74, 6) is -7.24.